The molecular formula is C10H21NO. The summed E-state index contributed by atoms with van der Waals surface area (Å²) < 4.78 is 0. The fraction of sp³-hybridized carbons (Fsp3) is 1.00. The van der Waals surface area contributed by atoms with Gasteiger partial charge in [-0.2, -0.15) is 0 Å². The quantitative estimate of drug-likeness (QED) is 0.646. The summed E-state index contributed by atoms with van der Waals surface area (Å²) in [5.74, 6) is 0.397. The highest BCUT2D eigenvalue weighted by atomic mass is 16.3. The summed E-state index contributed by atoms with van der Waals surface area (Å²) in [6, 6.07) is 0.614. The molecule has 0 spiro atoms. The Morgan fingerprint density at radius 1 is 1.50 bits per heavy atom. The fourth-order valence-electron chi connectivity index (χ4n) is 1.73. The van der Waals surface area contributed by atoms with Crippen LogP contribution in [0.2, 0.25) is 0 Å². The van der Waals surface area contributed by atoms with Gasteiger partial charge in [-0.3, -0.25) is 0 Å². The van der Waals surface area contributed by atoms with Gasteiger partial charge in [-0.05, 0) is 33.1 Å². The van der Waals surface area contributed by atoms with Crippen molar-refractivity contribution in [2.45, 2.75) is 45.8 Å². The van der Waals surface area contributed by atoms with Crippen LogP contribution in [0.5, 0.6) is 0 Å². The van der Waals surface area contributed by atoms with E-state index >= 15 is 0 Å². The number of rotatable bonds is 1. The molecule has 1 N–H and O–H groups in total. The van der Waals surface area contributed by atoms with Crippen molar-refractivity contribution >= 4 is 0 Å². The molecule has 2 nitrogen and oxygen atoms in total. The Morgan fingerprint density at radius 2 is 2.08 bits per heavy atom. The van der Waals surface area contributed by atoms with Gasteiger partial charge in [-0.15, -0.1) is 0 Å². The number of piperidine rings is 1. The fourth-order valence-corrected chi connectivity index (χ4v) is 1.73. The molecule has 1 saturated heterocycles. The van der Waals surface area contributed by atoms with Gasteiger partial charge in [-0.1, -0.05) is 6.92 Å². The maximum Gasteiger partial charge on any atom is 0.0669 e. The molecule has 1 fully saturated rings. The summed E-state index contributed by atoms with van der Waals surface area (Å²) in [7, 11) is 0. The maximum atomic E-state index is 9.92. The van der Waals surface area contributed by atoms with E-state index in [9.17, 15) is 5.11 Å². The lowest BCUT2D eigenvalue weighted by atomic mass is 9.83. The van der Waals surface area contributed by atoms with E-state index in [2.05, 4.69) is 25.7 Å². The predicted molar refractivity (Wildman–Crippen MR) is 51.1 cm³/mol. The van der Waals surface area contributed by atoms with Gasteiger partial charge < -0.3 is 10.0 Å². The number of hydrogen-bond acceptors (Lipinski definition) is 2. The third-order valence-corrected chi connectivity index (χ3v) is 3.21. The van der Waals surface area contributed by atoms with Gasteiger partial charge >= 0.3 is 0 Å². The third kappa shape index (κ3) is 1.99. The van der Waals surface area contributed by atoms with Gasteiger partial charge in [-0.25, -0.2) is 0 Å². The first-order valence-electron chi connectivity index (χ1n) is 4.90. The number of aliphatic hydroxyl groups is 1. The Balaban J connectivity index is 2.52. The van der Waals surface area contributed by atoms with E-state index in [1.165, 1.54) is 0 Å². The van der Waals surface area contributed by atoms with Crippen LogP contribution in [0.15, 0.2) is 0 Å². The van der Waals surface area contributed by atoms with E-state index in [0.717, 1.165) is 19.5 Å². The Morgan fingerprint density at radius 3 is 2.50 bits per heavy atom. The lowest BCUT2D eigenvalue weighted by Crippen LogP contribution is -2.50. The van der Waals surface area contributed by atoms with Crippen LogP contribution in [-0.2, 0) is 0 Å². The first-order valence-corrected chi connectivity index (χ1v) is 4.90. The zero-order valence-electron chi connectivity index (χ0n) is 8.67. The average Bonchev–Trinajstić information content (AvgIpc) is 1.94. The first kappa shape index (κ1) is 10.0. The second-order valence-corrected chi connectivity index (χ2v) is 4.60. The van der Waals surface area contributed by atoms with Crippen molar-refractivity contribution in [2.75, 3.05) is 13.1 Å². The van der Waals surface area contributed by atoms with Crippen LogP contribution in [0.3, 0.4) is 0 Å². The lowest BCUT2D eigenvalue weighted by Gasteiger charge is -2.42. The van der Waals surface area contributed by atoms with Crippen molar-refractivity contribution in [3.05, 3.63) is 0 Å². The molecule has 0 aromatic rings. The highest BCUT2D eigenvalue weighted by Gasteiger charge is 2.34. The minimum Gasteiger partial charge on any atom is -0.390 e. The molecule has 0 amide bonds. The van der Waals surface area contributed by atoms with Crippen molar-refractivity contribution in [1.29, 1.82) is 0 Å². The number of likely N-dealkylation sites (tertiary alicyclic amines) is 1. The molecule has 0 saturated carbocycles. The largest absolute Gasteiger partial charge is 0.390 e. The summed E-state index contributed by atoms with van der Waals surface area (Å²) in [6.45, 7) is 10.6. The highest BCUT2D eigenvalue weighted by molar-refractivity contribution is 4.88. The standard InChI is InChI=1S/C10H21NO/c1-8(2)11-6-5-10(4,12)9(3)7-11/h8-9,12H,5-7H2,1-4H3. The SMILES string of the molecule is CC(C)N1CCC(C)(O)C(C)C1. The average molecular weight is 171 g/mol. The lowest BCUT2D eigenvalue weighted by molar-refractivity contribution is -0.0569. The third-order valence-electron chi connectivity index (χ3n) is 3.21. The molecule has 2 heteroatoms. The van der Waals surface area contributed by atoms with Gasteiger partial charge in [0.25, 0.3) is 0 Å². The van der Waals surface area contributed by atoms with E-state index < -0.39 is 5.60 Å². The van der Waals surface area contributed by atoms with Crippen LogP contribution in [0.25, 0.3) is 0 Å². The first-order chi connectivity index (χ1) is 5.43. The van der Waals surface area contributed by atoms with E-state index in [0.29, 0.717) is 12.0 Å². The molecule has 2 unspecified atom stereocenters. The molecule has 0 bridgehead atoms. The van der Waals surface area contributed by atoms with E-state index in [-0.39, 0.29) is 0 Å². The zero-order valence-corrected chi connectivity index (χ0v) is 8.67. The predicted octanol–water partition coefficient (Wildman–Crippen LogP) is 1.49. The minimum absolute atomic E-state index is 0.397. The Labute approximate surface area is 75.6 Å². The van der Waals surface area contributed by atoms with Crippen molar-refractivity contribution in [1.82, 2.24) is 4.90 Å². The van der Waals surface area contributed by atoms with Crippen LogP contribution in [0.1, 0.15) is 34.1 Å². The van der Waals surface area contributed by atoms with Gasteiger partial charge in [0.2, 0.25) is 0 Å². The van der Waals surface area contributed by atoms with Crippen LogP contribution >= 0.6 is 0 Å². The molecule has 0 aromatic carbocycles. The molecule has 0 aromatic heterocycles. The van der Waals surface area contributed by atoms with Gasteiger partial charge in [0, 0.05) is 19.1 Å². The van der Waals surface area contributed by atoms with Gasteiger partial charge in [0.05, 0.1) is 5.60 Å². The van der Waals surface area contributed by atoms with Crippen LogP contribution in [-0.4, -0.2) is 34.7 Å². The Hall–Kier alpha value is -0.0800. The molecule has 2 atom stereocenters. The summed E-state index contributed by atoms with van der Waals surface area (Å²) >= 11 is 0. The second-order valence-electron chi connectivity index (χ2n) is 4.60. The number of hydrogen-bond donors (Lipinski definition) is 1. The monoisotopic (exact) mass is 171 g/mol. The molecule has 1 aliphatic heterocycles. The van der Waals surface area contributed by atoms with Crippen molar-refractivity contribution in [3.8, 4) is 0 Å². The molecule has 1 aliphatic rings. The topological polar surface area (TPSA) is 23.5 Å². The molecule has 0 aliphatic carbocycles. The van der Waals surface area contributed by atoms with Crippen LogP contribution in [0, 0.1) is 5.92 Å². The Bertz CT molecular complexity index is 154. The highest BCUT2D eigenvalue weighted by Crippen LogP contribution is 2.27. The second kappa shape index (κ2) is 3.35. The van der Waals surface area contributed by atoms with Crippen LogP contribution < -0.4 is 0 Å². The summed E-state index contributed by atoms with van der Waals surface area (Å²) in [4.78, 5) is 2.43. The van der Waals surface area contributed by atoms with Crippen molar-refractivity contribution < 1.29 is 5.11 Å². The maximum absolute atomic E-state index is 9.92. The van der Waals surface area contributed by atoms with E-state index in [1.807, 2.05) is 6.92 Å². The molecule has 12 heavy (non-hydrogen) atoms. The van der Waals surface area contributed by atoms with Crippen molar-refractivity contribution in [2.24, 2.45) is 5.92 Å². The summed E-state index contributed by atoms with van der Waals surface area (Å²) in [6.07, 6.45) is 0.909. The smallest absolute Gasteiger partial charge is 0.0669 e. The molecule has 0 radical (unpaired) electrons. The van der Waals surface area contributed by atoms with Crippen molar-refractivity contribution in [3.63, 3.8) is 0 Å². The molecular weight excluding hydrogens is 150 g/mol. The summed E-state index contributed by atoms with van der Waals surface area (Å²) in [5.41, 5.74) is -0.439. The zero-order chi connectivity index (χ0) is 9.35. The number of nitrogens with zero attached hydrogens (tertiary/aromatic N) is 1. The van der Waals surface area contributed by atoms with E-state index in [4.69, 9.17) is 0 Å². The summed E-state index contributed by atoms with van der Waals surface area (Å²) in [5, 5.41) is 9.92. The van der Waals surface area contributed by atoms with E-state index in [1.54, 1.807) is 0 Å². The Kier molecular flexibility index (Phi) is 2.79. The molecule has 1 rings (SSSR count). The normalized spacial score (nSPS) is 39.0. The molecule has 72 valence electrons. The molecule has 1 heterocycles. The van der Waals surface area contributed by atoms with Crippen LogP contribution in [0.4, 0.5) is 0 Å². The van der Waals surface area contributed by atoms with Gasteiger partial charge in [0.15, 0.2) is 0 Å². The minimum atomic E-state index is -0.439. The van der Waals surface area contributed by atoms with Gasteiger partial charge in [0.1, 0.15) is 0 Å².